The lowest BCUT2D eigenvalue weighted by Crippen LogP contribution is -2.69. The molecular formula is C19H36N4O10. The topological polar surface area (TPSA) is 245 Å². The maximum atomic E-state index is 11.2. The van der Waals surface area contributed by atoms with Gasteiger partial charge in [-0.2, -0.15) is 0 Å². The Morgan fingerprint density at radius 1 is 0.970 bits per heavy atom. The number of hydrogen-bond donors (Lipinski definition) is 9. The molecule has 2 aliphatic heterocycles. The van der Waals surface area contributed by atoms with Crippen LogP contribution in [-0.4, -0.2) is 131 Å². The third kappa shape index (κ3) is 5.23. The molecule has 0 amide bonds. The van der Waals surface area contributed by atoms with E-state index < -0.39 is 85.1 Å². The first-order valence-corrected chi connectivity index (χ1v) is 10.8. The second-order valence-electron chi connectivity index (χ2n) is 9.21. The summed E-state index contributed by atoms with van der Waals surface area (Å²) >= 11 is 0. The summed E-state index contributed by atoms with van der Waals surface area (Å²) in [6, 6.07) is -3.54. The third-order valence-electron chi connectivity index (χ3n) is 6.61. The van der Waals surface area contributed by atoms with E-state index in [2.05, 4.69) is 5.32 Å². The minimum atomic E-state index is -1.53. The molecule has 0 aromatic carbocycles. The second kappa shape index (κ2) is 10.4. The van der Waals surface area contributed by atoms with Gasteiger partial charge < -0.3 is 71.8 Å². The molecule has 0 unspecified atom stereocenters. The third-order valence-corrected chi connectivity index (χ3v) is 6.61. The Bertz CT molecular complexity index is 674. The van der Waals surface area contributed by atoms with Crippen molar-refractivity contribution in [3.8, 4) is 0 Å². The van der Waals surface area contributed by atoms with Crippen LogP contribution in [0.3, 0.4) is 0 Å². The molecule has 14 heteroatoms. The average Bonchev–Trinajstić information content (AvgIpc) is 2.75. The van der Waals surface area contributed by atoms with Gasteiger partial charge >= 0.3 is 0 Å². The number of carbonyl (C=O) groups is 1. The summed E-state index contributed by atoms with van der Waals surface area (Å²) in [6.07, 6.45) is -11.5. The minimum absolute atomic E-state index is 0.143. The van der Waals surface area contributed by atoms with Gasteiger partial charge in [0, 0.05) is 12.1 Å². The summed E-state index contributed by atoms with van der Waals surface area (Å²) in [4.78, 5) is 11.2. The molecule has 1 saturated carbocycles. The van der Waals surface area contributed by atoms with Gasteiger partial charge in [-0.05, 0) is 20.4 Å². The quantitative estimate of drug-likeness (QED) is 0.161. The smallest absolute Gasteiger partial charge is 0.185 e. The molecule has 2 heterocycles. The Kier molecular flexibility index (Phi) is 8.44. The highest BCUT2D eigenvalue weighted by molar-refractivity contribution is 5.57. The lowest BCUT2D eigenvalue weighted by molar-refractivity contribution is -0.312. The van der Waals surface area contributed by atoms with Crippen LogP contribution in [0.4, 0.5) is 0 Å². The van der Waals surface area contributed by atoms with Crippen molar-refractivity contribution in [3.05, 3.63) is 0 Å². The maximum Gasteiger partial charge on any atom is 0.185 e. The summed E-state index contributed by atoms with van der Waals surface area (Å²) in [7, 11) is 1.57. The molecule has 14 atom stereocenters. The molecule has 14 nitrogen and oxygen atoms in total. The zero-order chi connectivity index (χ0) is 24.7. The van der Waals surface area contributed by atoms with Crippen molar-refractivity contribution < 1.29 is 49.3 Å². The minimum Gasteiger partial charge on any atom is -0.388 e. The monoisotopic (exact) mass is 480 g/mol. The molecule has 0 radical (unpaired) electrons. The highest BCUT2D eigenvalue weighted by Gasteiger charge is 2.52. The number of aliphatic hydroxyl groups is 5. The van der Waals surface area contributed by atoms with Crippen molar-refractivity contribution in [1.29, 1.82) is 0 Å². The Labute approximate surface area is 190 Å². The summed E-state index contributed by atoms with van der Waals surface area (Å²) in [6.45, 7) is 1.36. The molecule has 192 valence electrons. The molecule has 2 saturated heterocycles. The van der Waals surface area contributed by atoms with E-state index in [9.17, 15) is 30.3 Å². The molecule has 33 heavy (non-hydrogen) atoms. The van der Waals surface area contributed by atoms with Gasteiger partial charge in [0.15, 0.2) is 18.9 Å². The van der Waals surface area contributed by atoms with Crippen molar-refractivity contribution in [2.45, 2.75) is 98.4 Å². The standard InChI is InChI=1S/C19H36N4O10/c1-19(29)5-30-18(13(28)16(19)23-2)33-15-7(21)3-6(20)14(12(15)27)32-17-9(22)11(26)10(25)8(4-24)31-17/h4,6-18,23,25-29H,3,5,20-22H2,1-2H3/t6-,7+,8+,9+,10+,11+,12-,13+,14+,15-,16+,17+,18+,19-/m0/s1. The lowest BCUT2D eigenvalue weighted by atomic mass is 9.84. The number of likely N-dealkylation sites (N-methyl/N-ethyl adjacent to an activating group) is 1. The SMILES string of the molecule is CN[C@@H]1[C@@H](O)[C@@H](O[C@@H]2[C@@H](O)[C@H](O[C@H]3O[C@H](C=O)[C@@H](O)[C@H](O)[C@H]3N)[C@@H](N)C[C@H]2N)OC[C@]1(C)O. The molecule has 0 bridgehead atoms. The molecule has 12 N–H and O–H groups in total. The van der Waals surface area contributed by atoms with E-state index in [1.54, 1.807) is 7.05 Å². The van der Waals surface area contributed by atoms with Gasteiger partial charge in [-0.25, -0.2) is 0 Å². The van der Waals surface area contributed by atoms with Crippen LogP contribution in [0.15, 0.2) is 0 Å². The van der Waals surface area contributed by atoms with Crippen molar-refractivity contribution in [3.63, 3.8) is 0 Å². The van der Waals surface area contributed by atoms with Crippen LogP contribution in [-0.2, 0) is 23.7 Å². The number of aliphatic hydroxyl groups excluding tert-OH is 4. The summed E-state index contributed by atoms with van der Waals surface area (Å²) < 4.78 is 22.4. The number of ether oxygens (including phenoxy) is 4. The summed E-state index contributed by atoms with van der Waals surface area (Å²) in [5, 5.41) is 54.8. The Morgan fingerprint density at radius 3 is 2.09 bits per heavy atom. The lowest BCUT2D eigenvalue weighted by Gasteiger charge is -2.48. The number of carbonyl (C=O) groups excluding carboxylic acids is 1. The first kappa shape index (κ1) is 26.7. The second-order valence-corrected chi connectivity index (χ2v) is 9.21. The number of rotatable bonds is 6. The van der Waals surface area contributed by atoms with Gasteiger partial charge in [0.25, 0.3) is 0 Å². The van der Waals surface area contributed by atoms with Crippen LogP contribution in [0.1, 0.15) is 13.3 Å². The zero-order valence-electron chi connectivity index (χ0n) is 18.5. The first-order valence-electron chi connectivity index (χ1n) is 10.8. The van der Waals surface area contributed by atoms with Crippen molar-refractivity contribution in [1.82, 2.24) is 5.32 Å². The Balaban J connectivity index is 1.72. The van der Waals surface area contributed by atoms with E-state index in [1.807, 2.05) is 0 Å². The predicted octanol–water partition coefficient (Wildman–Crippen LogP) is -5.79. The van der Waals surface area contributed by atoms with E-state index in [-0.39, 0.29) is 13.0 Å². The van der Waals surface area contributed by atoms with Gasteiger partial charge in [0.2, 0.25) is 0 Å². The fourth-order valence-electron chi connectivity index (χ4n) is 4.66. The molecule has 3 aliphatic rings. The zero-order valence-corrected chi connectivity index (χ0v) is 18.5. The fourth-order valence-corrected chi connectivity index (χ4v) is 4.66. The summed E-state index contributed by atoms with van der Waals surface area (Å²) in [5.74, 6) is 0. The van der Waals surface area contributed by atoms with Gasteiger partial charge in [-0.3, -0.25) is 0 Å². The van der Waals surface area contributed by atoms with Gasteiger partial charge in [-0.1, -0.05) is 0 Å². The van der Waals surface area contributed by atoms with Crippen LogP contribution >= 0.6 is 0 Å². The van der Waals surface area contributed by atoms with Gasteiger partial charge in [0.05, 0.1) is 18.7 Å². The van der Waals surface area contributed by atoms with Gasteiger partial charge in [-0.15, -0.1) is 0 Å². The Hall–Kier alpha value is -0.850. The van der Waals surface area contributed by atoms with E-state index in [1.165, 1.54) is 6.92 Å². The molecule has 3 fully saturated rings. The molecule has 3 rings (SSSR count). The normalized spacial score (nSPS) is 53.6. The largest absolute Gasteiger partial charge is 0.388 e. The van der Waals surface area contributed by atoms with E-state index in [0.717, 1.165) is 0 Å². The highest BCUT2D eigenvalue weighted by Crippen LogP contribution is 2.31. The van der Waals surface area contributed by atoms with Crippen LogP contribution in [0, 0.1) is 0 Å². The predicted molar refractivity (Wildman–Crippen MR) is 110 cm³/mol. The van der Waals surface area contributed by atoms with E-state index >= 15 is 0 Å². The molecular weight excluding hydrogens is 444 g/mol. The highest BCUT2D eigenvalue weighted by atomic mass is 16.7. The molecule has 1 aliphatic carbocycles. The van der Waals surface area contributed by atoms with E-state index in [4.69, 9.17) is 36.1 Å². The van der Waals surface area contributed by atoms with Crippen molar-refractivity contribution >= 4 is 6.29 Å². The number of nitrogens with two attached hydrogens (primary N) is 3. The van der Waals surface area contributed by atoms with Crippen LogP contribution in [0.5, 0.6) is 0 Å². The molecule has 0 aromatic heterocycles. The molecule has 0 aromatic rings. The van der Waals surface area contributed by atoms with Crippen molar-refractivity contribution in [2.24, 2.45) is 17.2 Å². The number of nitrogens with one attached hydrogen (secondary N) is 1. The van der Waals surface area contributed by atoms with E-state index in [0.29, 0.717) is 6.29 Å². The van der Waals surface area contributed by atoms with Crippen LogP contribution in [0.25, 0.3) is 0 Å². The number of hydrogen-bond acceptors (Lipinski definition) is 14. The first-order chi connectivity index (χ1) is 15.4. The van der Waals surface area contributed by atoms with Crippen LogP contribution in [0.2, 0.25) is 0 Å². The van der Waals surface area contributed by atoms with Crippen LogP contribution < -0.4 is 22.5 Å². The maximum absolute atomic E-state index is 11.2. The Morgan fingerprint density at radius 2 is 1.55 bits per heavy atom. The average molecular weight is 481 g/mol. The van der Waals surface area contributed by atoms with Crippen molar-refractivity contribution in [2.75, 3.05) is 13.7 Å². The van der Waals surface area contributed by atoms with Gasteiger partial charge in [0.1, 0.15) is 48.3 Å². The number of aldehydes is 1. The molecule has 0 spiro atoms. The summed E-state index contributed by atoms with van der Waals surface area (Å²) in [5.41, 5.74) is 16.8. The fraction of sp³-hybridized carbons (Fsp3) is 0.947.